The lowest BCUT2D eigenvalue weighted by atomic mass is 10.0. The summed E-state index contributed by atoms with van der Waals surface area (Å²) in [5.41, 5.74) is 6.93. The molecule has 0 spiro atoms. The van der Waals surface area contributed by atoms with Crippen LogP contribution in [0.5, 0.6) is 5.75 Å². The Balaban J connectivity index is 2.28. The molecule has 1 aliphatic carbocycles. The summed E-state index contributed by atoms with van der Waals surface area (Å²) in [6, 6.07) is 5.01. The Kier molecular flexibility index (Phi) is 2.18. The third-order valence-corrected chi connectivity index (χ3v) is 2.80. The smallest absolute Gasteiger partial charge is 0.117 e. The van der Waals surface area contributed by atoms with Gasteiger partial charge in [0.2, 0.25) is 0 Å². The van der Waals surface area contributed by atoms with Crippen LogP contribution in [0.2, 0.25) is 5.02 Å². The van der Waals surface area contributed by atoms with Crippen molar-refractivity contribution in [1.29, 1.82) is 0 Å². The maximum absolute atomic E-state index is 9.15. The number of phenols is 1. The minimum Gasteiger partial charge on any atom is -0.508 e. The monoisotopic (exact) mass is 197 g/mol. The molecule has 0 radical (unpaired) electrons. The molecule has 3 heteroatoms. The van der Waals surface area contributed by atoms with E-state index in [0.717, 1.165) is 5.56 Å². The summed E-state index contributed by atoms with van der Waals surface area (Å²) in [6.45, 7) is 0. The Morgan fingerprint density at radius 2 is 2.15 bits per heavy atom. The highest BCUT2D eigenvalue weighted by Crippen LogP contribution is 2.41. The molecular weight excluding hydrogens is 186 g/mol. The first-order valence-corrected chi connectivity index (χ1v) is 4.80. The quantitative estimate of drug-likeness (QED) is 0.765. The van der Waals surface area contributed by atoms with E-state index in [1.165, 1.54) is 12.8 Å². The standard InChI is InChI=1S/C10H12ClNO/c11-9-5-7(13)3-4-8(9)10(12)6-1-2-6/h3-6,10,13H,1-2,12H2. The Labute approximate surface area is 82.3 Å². The lowest BCUT2D eigenvalue weighted by molar-refractivity contribution is 0.474. The molecule has 2 rings (SSSR count). The van der Waals surface area contributed by atoms with Crippen LogP contribution >= 0.6 is 11.6 Å². The molecule has 70 valence electrons. The van der Waals surface area contributed by atoms with Crippen molar-refractivity contribution in [2.45, 2.75) is 18.9 Å². The third kappa shape index (κ3) is 1.79. The Morgan fingerprint density at radius 1 is 1.46 bits per heavy atom. The maximum atomic E-state index is 9.15. The first-order valence-electron chi connectivity index (χ1n) is 4.42. The van der Waals surface area contributed by atoms with Gasteiger partial charge < -0.3 is 10.8 Å². The number of rotatable bonds is 2. The molecule has 0 saturated heterocycles. The highest BCUT2D eigenvalue weighted by atomic mass is 35.5. The zero-order valence-electron chi connectivity index (χ0n) is 7.20. The normalized spacial score (nSPS) is 18.6. The van der Waals surface area contributed by atoms with E-state index in [2.05, 4.69) is 0 Å². The van der Waals surface area contributed by atoms with Crippen LogP contribution in [0.1, 0.15) is 24.4 Å². The van der Waals surface area contributed by atoms with Gasteiger partial charge in [0.05, 0.1) is 0 Å². The van der Waals surface area contributed by atoms with Crippen molar-refractivity contribution in [3.8, 4) is 5.75 Å². The topological polar surface area (TPSA) is 46.2 Å². The molecule has 1 saturated carbocycles. The van der Waals surface area contributed by atoms with Gasteiger partial charge in [-0.05, 0) is 36.5 Å². The maximum Gasteiger partial charge on any atom is 0.117 e. The van der Waals surface area contributed by atoms with Gasteiger partial charge in [0, 0.05) is 11.1 Å². The second-order valence-electron chi connectivity index (χ2n) is 3.57. The molecule has 1 fully saturated rings. The van der Waals surface area contributed by atoms with E-state index in [-0.39, 0.29) is 11.8 Å². The third-order valence-electron chi connectivity index (χ3n) is 2.47. The fourth-order valence-corrected chi connectivity index (χ4v) is 1.80. The number of nitrogens with two attached hydrogens (primary N) is 1. The molecule has 13 heavy (non-hydrogen) atoms. The second-order valence-corrected chi connectivity index (χ2v) is 3.98. The van der Waals surface area contributed by atoms with Gasteiger partial charge in [0.1, 0.15) is 5.75 Å². The van der Waals surface area contributed by atoms with Gasteiger partial charge >= 0.3 is 0 Å². The highest BCUT2D eigenvalue weighted by molar-refractivity contribution is 6.31. The van der Waals surface area contributed by atoms with Crippen molar-refractivity contribution < 1.29 is 5.11 Å². The predicted octanol–water partition coefficient (Wildman–Crippen LogP) is 2.46. The molecule has 0 heterocycles. The molecule has 0 bridgehead atoms. The lowest BCUT2D eigenvalue weighted by Gasteiger charge is -2.12. The molecule has 2 nitrogen and oxygen atoms in total. The van der Waals surface area contributed by atoms with Crippen molar-refractivity contribution in [3.63, 3.8) is 0 Å². The lowest BCUT2D eigenvalue weighted by Crippen LogP contribution is -2.12. The van der Waals surface area contributed by atoms with Crippen LogP contribution < -0.4 is 5.73 Å². The van der Waals surface area contributed by atoms with Crippen molar-refractivity contribution in [1.82, 2.24) is 0 Å². The van der Waals surface area contributed by atoms with E-state index >= 15 is 0 Å². The highest BCUT2D eigenvalue weighted by Gasteiger charge is 2.30. The van der Waals surface area contributed by atoms with E-state index in [0.29, 0.717) is 10.9 Å². The average molecular weight is 198 g/mol. The molecule has 1 unspecified atom stereocenters. The molecular formula is C10H12ClNO. The SMILES string of the molecule is NC(c1ccc(O)cc1Cl)C1CC1. The second kappa shape index (κ2) is 3.20. The Bertz CT molecular complexity index is 323. The van der Waals surface area contributed by atoms with Gasteiger partial charge in [0.15, 0.2) is 0 Å². The summed E-state index contributed by atoms with van der Waals surface area (Å²) in [5.74, 6) is 0.777. The van der Waals surface area contributed by atoms with Crippen molar-refractivity contribution in [3.05, 3.63) is 28.8 Å². The van der Waals surface area contributed by atoms with Gasteiger partial charge in [-0.15, -0.1) is 0 Å². The Morgan fingerprint density at radius 3 is 2.69 bits per heavy atom. The summed E-state index contributed by atoms with van der Waals surface area (Å²) in [7, 11) is 0. The fourth-order valence-electron chi connectivity index (χ4n) is 1.50. The van der Waals surface area contributed by atoms with Gasteiger partial charge in [-0.25, -0.2) is 0 Å². The molecule has 0 aliphatic heterocycles. The van der Waals surface area contributed by atoms with Crippen LogP contribution in [0.15, 0.2) is 18.2 Å². The molecule has 1 aliphatic rings. The first-order chi connectivity index (χ1) is 6.18. The van der Waals surface area contributed by atoms with Crippen molar-refractivity contribution in [2.24, 2.45) is 11.7 Å². The molecule has 1 atom stereocenters. The number of hydrogen-bond donors (Lipinski definition) is 2. The largest absolute Gasteiger partial charge is 0.508 e. The van der Waals surface area contributed by atoms with Crippen LogP contribution in [-0.2, 0) is 0 Å². The van der Waals surface area contributed by atoms with E-state index in [4.69, 9.17) is 22.4 Å². The molecule has 0 amide bonds. The summed E-state index contributed by atoms with van der Waals surface area (Å²) < 4.78 is 0. The van der Waals surface area contributed by atoms with Crippen LogP contribution in [0.25, 0.3) is 0 Å². The molecule has 0 aromatic heterocycles. The summed E-state index contributed by atoms with van der Waals surface area (Å²) in [6.07, 6.45) is 2.39. The van der Waals surface area contributed by atoms with Crippen LogP contribution in [-0.4, -0.2) is 5.11 Å². The Hall–Kier alpha value is -0.730. The van der Waals surface area contributed by atoms with Gasteiger partial charge in [0.25, 0.3) is 0 Å². The summed E-state index contributed by atoms with van der Waals surface area (Å²) in [5, 5.41) is 9.72. The van der Waals surface area contributed by atoms with Crippen LogP contribution in [0, 0.1) is 5.92 Å². The van der Waals surface area contributed by atoms with Crippen molar-refractivity contribution in [2.75, 3.05) is 0 Å². The number of benzene rings is 1. The van der Waals surface area contributed by atoms with Gasteiger partial charge in [-0.2, -0.15) is 0 Å². The van der Waals surface area contributed by atoms with Crippen molar-refractivity contribution >= 4 is 11.6 Å². The van der Waals surface area contributed by atoms with E-state index < -0.39 is 0 Å². The number of halogens is 1. The summed E-state index contributed by atoms with van der Waals surface area (Å²) in [4.78, 5) is 0. The van der Waals surface area contributed by atoms with Crippen LogP contribution in [0.4, 0.5) is 0 Å². The minimum absolute atomic E-state index is 0.0353. The van der Waals surface area contributed by atoms with Crippen LogP contribution in [0.3, 0.4) is 0 Å². The first kappa shape index (κ1) is 8.85. The van der Waals surface area contributed by atoms with Gasteiger partial charge in [-0.1, -0.05) is 17.7 Å². The van der Waals surface area contributed by atoms with E-state index in [1.807, 2.05) is 0 Å². The zero-order valence-corrected chi connectivity index (χ0v) is 7.96. The predicted molar refractivity (Wildman–Crippen MR) is 52.8 cm³/mol. The number of hydrogen-bond acceptors (Lipinski definition) is 2. The minimum atomic E-state index is 0.0353. The van der Waals surface area contributed by atoms with E-state index in [9.17, 15) is 0 Å². The average Bonchev–Trinajstić information content (AvgIpc) is 2.85. The van der Waals surface area contributed by atoms with Gasteiger partial charge in [-0.3, -0.25) is 0 Å². The molecule has 1 aromatic carbocycles. The number of aromatic hydroxyl groups is 1. The zero-order chi connectivity index (χ0) is 9.42. The summed E-state index contributed by atoms with van der Waals surface area (Å²) >= 11 is 5.96. The fraction of sp³-hybridized carbons (Fsp3) is 0.400. The number of phenolic OH excluding ortho intramolecular Hbond substituents is 1. The molecule has 3 N–H and O–H groups in total. The molecule has 1 aromatic rings. The van der Waals surface area contributed by atoms with E-state index in [1.54, 1.807) is 18.2 Å².